The van der Waals surface area contributed by atoms with Crippen LogP contribution in [0.25, 0.3) is 0 Å². The zero-order chi connectivity index (χ0) is 52.0. The standard InChI is InChI=1S/C62H107N2O6P/c1-6-8-10-12-14-16-18-19-20-21-22-23-24-25-26-27-28-29-30-31-32-33-34-35-36-37-38-39-40-41-42-43-44-45-46-48-50-52-54-56-62(66)63-60(59-70-71(67,68)69-58-57-64(3,4)5)61(65)55-53-51-49-47-17-15-13-11-9-7-2/h8,10,14,16-17,19-20,22-23,25-26,28-29,31-32,34-35,47,53,55,60-61,65H,6-7,9,11-13,15,18,21,24,27,30,33,36-46,48-52,54,56-59H2,1-5H3,(H-,63,66,67,68)/b10-8-,16-14-,20-19-,23-22-,26-25-,29-28-,32-31-,35-34-,47-17+,55-53+. The van der Waals surface area contributed by atoms with Crippen LogP contribution in [0.3, 0.4) is 0 Å². The number of unbranched alkanes of at least 4 members (excludes halogenated alkanes) is 19. The Bertz CT molecular complexity index is 1560. The third kappa shape index (κ3) is 54.5. The lowest BCUT2D eigenvalue weighted by Crippen LogP contribution is -2.45. The molecular formula is C62H107N2O6P. The summed E-state index contributed by atoms with van der Waals surface area (Å²) in [5, 5.41) is 13.8. The predicted molar refractivity (Wildman–Crippen MR) is 306 cm³/mol. The molecule has 9 heteroatoms. The minimum absolute atomic E-state index is 0.0112. The van der Waals surface area contributed by atoms with Crippen LogP contribution in [0, 0.1) is 0 Å². The molecule has 0 saturated heterocycles. The maximum Gasteiger partial charge on any atom is 0.268 e. The van der Waals surface area contributed by atoms with Crippen molar-refractivity contribution in [3.63, 3.8) is 0 Å². The van der Waals surface area contributed by atoms with Crippen LogP contribution in [0.15, 0.2) is 122 Å². The molecule has 0 aliphatic rings. The number of carbonyl (C=O) groups excluding carboxylic acids is 1. The molecule has 0 aliphatic heterocycles. The van der Waals surface area contributed by atoms with Crippen molar-refractivity contribution in [1.82, 2.24) is 5.32 Å². The normalized spacial score (nSPS) is 14.9. The summed E-state index contributed by atoms with van der Waals surface area (Å²) in [6.45, 7) is 4.45. The van der Waals surface area contributed by atoms with E-state index in [1.165, 1.54) is 103 Å². The van der Waals surface area contributed by atoms with Crippen LogP contribution in [0.5, 0.6) is 0 Å². The van der Waals surface area contributed by atoms with Crippen LogP contribution >= 0.6 is 7.82 Å². The lowest BCUT2D eigenvalue weighted by molar-refractivity contribution is -0.870. The van der Waals surface area contributed by atoms with Crippen LogP contribution in [-0.2, 0) is 18.4 Å². The number of hydrogen-bond acceptors (Lipinski definition) is 6. The first-order chi connectivity index (χ1) is 34.5. The first-order valence-electron chi connectivity index (χ1n) is 28.4. The van der Waals surface area contributed by atoms with Gasteiger partial charge in [0.05, 0.1) is 39.9 Å². The maximum atomic E-state index is 12.9. The summed E-state index contributed by atoms with van der Waals surface area (Å²) in [5.41, 5.74) is 0. The summed E-state index contributed by atoms with van der Waals surface area (Å²) in [5.74, 6) is -0.215. The Kier molecular flexibility index (Phi) is 49.5. The number of aliphatic hydroxyl groups is 1. The molecule has 406 valence electrons. The quantitative estimate of drug-likeness (QED) is 0.0272. The molecule has 2 N–H and O–H groups in total. The molecule has 0 aromatic rings. The van der Waals surface area contributed by atoms with Gasteiger partial charge in [-0.25, -0.2) is 0 Å². The van der Waals surface area contributed by atoms with Crippen LogP contribution in [0.1, 0.15) is 213 Å². The number of likely N-dealkylation sites (N-methyl/N-ethyl adjacent to an activating group) is 1. The number of amides is 1. The molecule has 3 unspecified atom stereocenters. The third-order valence-electron chi connectivity index (χ3n) is 11.9. The summed E-state index contributed by atoms with van der Waals surface area (Å²) in [7, 11) is 1.23. The molecular weight excluding hydrogens is 900 g/mol. The number of aliphatic hydroxyl groups excluding tert-OH is 1. The van der Waals surface area contributed by atoms with Crippen molar-refractivity contribution in [1.29, 1.82) is 0 Å². The second-order valence-electron chi connectivity index (χ2n) is 19.9. The molecule has 0 saturated carbocycles. The summed E-state index contributed by atoms with van der Waals surface area (Å²) in [6.07, 6.45) is 77.3. The van der Waals surface area contributed by atoms with Gasteiger partial charge in [-0.3, -0.25) is 9.36 Å². The molecule has 3 atom stereocenters. The molecule has 0 bridgehead atoms. The minimum atomic E-state index is -4.60. The molecule has 1 amide bonds. The second kappa shape index (κ2) is 51.8. The van der Waals surface area contributed by atoms with E-state index in [4.69, 9.17) is 9.05 Å². The van der Waals surface area contributed by atoms with Gasteiger partial charge in [0.2, 0.25) is 5.91 Å². The van der Waals surface area contributed by atoms with E-state index in [0.29, 0.717) is 17.4 Å². The Labute approximate surface area is 437 Å². The van der Waals surface area contributed by atoms with E-state index in [0.717, 1.165) is 89.9 Å². The lowest BCUT2D eigenvalue weighted by Gasteiger charge is -2.29. The molecule has 0 rings (SSSR count). The molecule has 0 heterocycles. The number of quaternary nitrogens is 1. The molecule has 8 nitrogen and oxygen atoms in total. The second-order valence-corrected chi connectivity index (χ2v) is 21.3. The fourth-order valence-electron chi connectivity index (χ4n) is 7.48. The van der Waals surface area contributed by atoms with E-state index < -0.39 is 26.6 Å². The van der Waals surface area contributed by atoms with Crippen molar-refractivity contribution in [2.24, 2.45) is 0 Å². The number of nitrogens with one attached hydrogen (secondary N) is 1. The number of phosphoric acid groups is 1. The number of carbonyl (C=O) groups is 1. The highest BCUT2D eigenvalue weighted by Crippen LogP contribution is 2.38. The van der Waals surface area contributed by atoms with E-state index in [1.54, 1.807) is 6.08 Å². The average Bonchev–Trinajstić information content (AvgIpc) is 3.33. The largest absolute Gasteiger partial charge is 0.756 e. The Balaban J connectivity index is 4.00. The Morgan fingerprint density at radius 3 is 1.31 bits per heavy atom. The molecule has 0 spiro atoms. The van der Waals surface area contributed by atoms with Gasteiger partial charge in [-0.15, -0.1) is 0 Å². The summed E-state index contributed by atoms with van der Waals surface area (Å²) in [6, 6.07) is -0.908. The molecule has 0 radical (unpaired) electrons. The van der Waals surface area contributed by atoms with Crippen molar-refractivity contribution in [2.45, 2.75) is 225 Å². The van der Waals surface area contributed by atoms with Gasteiger partial charge in [-0.1, -0.05) is 232 Å². The van der Waals surface area contributed by atoms with Gasteiger partial charge in [0.1, 0.15) is 13.2 Å². The zero-order valence-electron chi connectivity index (χ0n) is 46.1. The Morgan fingerprint density at radius 2 is 0.873 bits per heavy atom. The van der Waals surface area contributed by atoms with Gasteiger partial charge >= 0.3 is 0 Å². The highest BCUT2D eigenvalue weighted by molar-refractivity contribution is 7.45. The highest BCUT2D eigenvalue weighted by atomic mass is 31.2. The summed E-state index contributed by atoms with van der Waals surface area (Å²) < 4.78 is 23.2. The van der Waals surface area contributed by atoms with Crippen molar-refractivity contribution in [3.8, 4) is 0 Å². The van der Waals surface area contributed by atoms with E-state index >= 15 is 0 Å². The first kappa shape index (κ1) is 67.9. The molecule has 0 aromatic carbocycles. The first-order valence-corrected chi connectivity index (χ1v) is 29.9. The van der Waals surface area contributed by atoms with Crippen molar-refractivity contribution in [3.05, 3.63) is 122 Å². The highest BCUT2D eigenvalue weighted by Gasteiger charge is 2.23. The Morgan fingerprint density at radius 1 is 0.507 bits per heavy atom. The van der Waals surface area contributed by atoms with Crippen LogP contribution in [-0.4, -0.2) is 68.5 Å². The smallest absolute Gasteiger partial charge is 0.268 e. The van der Waals surface area contributed by atoms with Gasteiger partial charge < -0.3 is 28.8 Å². The lowest BCUT2D eigenvalue weighted by atomic mass is 10.0. The molecule has 0 fully saturated rings. The average molecular weight is 1010 g/mol. The molecule has 71 heavy (non-hydrogen) atoms. The SMILES string of the molecule is CC/C=C\C/C=C\C/C=C\C/C=C\C/C=C\C/C=C\C/C=C\C/C=C\CCCCCCCCCCCCCCCCC(=O)NC(COP(=O)([O-])OCC[N+](C)(C)C)C(O)/C=C/CC/C=C/CCCCCC. The van der Waals surface area contributed by atoms with Gasteiger partial charge in [0.15, 0.2) is 0 Å². The Hall–Kier alpha value is -3.10. The van der Waals surface area contributed by atoms with Crippen molar-refractivity contribution >= 4 is 13.7 Å². The van der Waals surface area contributed by atoms with E-state index in [9.17, 15) is 19.4 Å². The van der Waals surface area contributed by atoms with Crippen LogP contribution < -0.4 is 10.2 Å². The van der Waals surface area contributed by atoms with Crippen molar-refractivity contribution < 1.29 is 32.9 Å². The predicted octanol–water partition coefficient (Wildman–Crippen LogP) is 16.7. The summed E-state index contributed by atoms with van der Waals surface area (Å²) in [4.78, 5) is 25.4. The number of nitrogens with zero attached hydrogens (tertiary/aromatic N) is 1. The van der Waals surface area contributed by atoms with Gasteiger partial charge in [-0.2, -0.15) is 0 Å². The fourth-order valence-corrected chi connectivity index (χ4v) is 8.20. The number of phosphoric ester groups is 1. The fraction of sp³-hybridized carbons (Fsp3) is 0.661. The molecule has 0 aromatic heterocycles. The van der Waals surface area contributed by atoms with Crippen molar-refractivity contribution in [2.75, 3.05) is 40.9 Å². The zero-order valence-corrected chi connectivity index (χ0v) is 47.0. The third-order valence-corrected chi connectivity index (χ3v) is 12.9. The van der Waals surface area contributed by atoms with E-state index in [2.05, 4.69) is 129 Å². The summed E-state index contributed by atoms with van der Waals surface area (Å²) >= 11 is 0. The van der Waals surface area contributed by atoms with Gasteiger partial charge in [0.25, 0.3) is 7.82 Å². The van der Waals surface area contributed by atoms with Crippen LogP contribution in [0.2, 0.25) is 0 Å². The maximum absolute atomic E-state index is 12.9. The monoisotopic (exact) mass is 1010 g/mol. The van der Waals surface area contributed by atoms with Gasteiger partial charge in [-0.05, 0) is 96.3 Å². The van der Waals surface area contributed by atoms with Gasteiger partial charge in [0, 0.05) is 6.42 Å². The van der Waals surface area contributed by atoms with E-state index in [1.807, 2.05) is 27.2 Å². The number of rotatable bonds is 50. The number of allylic oxidation sites excluding steroid dienone is 19. The number of hydrogen-bond donors (Lipinski definition) is 2. The van der Waals surface area contributed by atoms with Crippen LogP contribution in [0.4, 0.5) is 0 Å². The van der Waals surface area contributed by atoms with E-state index in [-0.39, 0.29) is 12.5 Å². The molecule has 0 aliphatic carbocycles. The minimum Gasteiger partial charge on any atom is -0.756 e. The topological polar surface area (TPSA) is 108 Å².